The Morgan fingerprint density at radius 2 is 1.80 bits per heavy atom. The summed E-state index contributed by atoms with van der Waals surface area (Å²) < 4.78 is 0. The minimum absolute atomic E-state index is 1.11. The van der Waals surface area contributed by atoms with Gasteiger partial charge in [-0.05, 0) is 23.1 Å². The van der Waals surface area contributed by atoms with Crippen LogP contribution in [0.25, 0.3) is 21.3 Å². The van der Waals surface area contributed by atoms with E-state index >= 15 is 0 Å². The van der Waals surface area contributed by atoms with Gasteiger partial charge in [0.15, 0.2) is 0 Å². The average Bonchev–Trinajstić information content (AvgIpc) is 2.77. The van der Waals surface area contributed by atoms with Gasteiger partial charge in [-0.1, -0.05) is 30.3 Å². The minimum Gasteiger partial charge on any atom is -0.245 e. The largest absolute Gasteiger partial charge is 0.245 e. The summed E-state index contributed by atoms with van der Waals surface area (Å²) in [5.74, 6) is 0. The van der Waals surface area contributed by atoms with E-state index < -0.39 is 0 Å². The highest BCUT2D eigenvalue weighted by molar-refractivity contribution is 7.16. The van der Waals surface area contributed by atoms with Gasteiger partial charge in [-0.2, -0.15) is 0 Å². The number of nitrogens with zero attached hydrogens (tertiary/aromatic N) is 1. The molecule has 0 bridgehead atoms. The third-order valence-corrected chi connectivity index (χ3v) is 3.25. The summed E-state index contributed by atoms with van der Waals surface area (Å²) in [6.07, 6.45) is 1.94. The van der Waals surface area contributed by atoms with Crippen LogP contribution in [0, 0.1) is 0 Å². The summed E-state index contributed by atoms with van der Waals surface area (Å²) in [4.78, 5) is 5.54. The fourth-order valence-corrected chi connectivity index (χ4v) is 2.37. The van der Waals surface area contributed by atoms with Crippen LogP contribution >= 0.6 is 11.3 Å². The van der Waals surface area contributed by atoms with Gasteiger partial charge in [0.25, 0.3) is 0 Å². The van der Waals surface area contributed by atoms with Crippen LogP contribution in [0.3, 0.4) is 0 Å². The maximum Gasteiger partial charge on any atom is 0.123 e. The zero-order valence-corrected chi connectivity index (χ0v) is 8.87. The number of fused-ring (bicyclic) bond motifs is 1. The molecule has 0 saturated heterocycles. The summed E-state index contributed by atoms with van der Waals surface area (Å²) in [6.45, 7) is 0. The molecule has 0 unspecified atom stereocenters. The first-order chi connectivity index (χ1) is 7.43. The molecule has 0 saturated carbocycles. The second-order valence-electron chi connectivity index (χ2n) is 3.40. The van der Waals surface area contributed by atoms with Crippen LogP contribution in [0.2, 0.25) is 0 Å². The maximum absolute atomic E-state index is 4.44. The van der Waals surface area contributed by atoms with Crippen LogP contribution in [0.5, 0.6) is 0 Å². The average molecular weight is 211 g/mol. The van der Waals surface area contributed by atoms with Crippen molar-refractivity contribution in [3.05, 3.63) is 54.0 Å². The van der Waals surface area contributed by atoms with Crippen molar-refractivity contribution in [3.8, 4) is 11.1 Å². The molecule has 72 valence electrons. The summed E-state index contributed by atoms with van der Waals surface area (Å²) >= 11 is 1.68. The lowest BCUT2D eigenvalue weighted by Gasteiger charge is -2.00. The van der Waals surface area contributed by atoms with Crippen LogP contribution in [-0.2, 0) is 0 Å². The molecule has 1 nitrogen and oxygen atoms in total. The molecule has 15 heavy (non-hydrogen) atoms. The Morgan fingerprint density at radius 1 is 0.933 bits per heavy atom. The van der Waals surface area contributed by atoms with Gasteiger partial charge < -0.3 is 0 Å². The van der Waals surface area contributed by atoms with E-state index in [1.165, 1.54) is 16.5 Å². The van der Waals surface area contributed by atoms with Crippen LogP contribution in [0.4, 0.5) is 0 Å². The molecule has 0 aliphatic heterocycles. The SMILES string of the molecule is c1ccc(-c2cnc3sccc3c2)cc1. The first kappa shape index (κ1) is 8.62. The van der Waals surface area contributed by atoms with Gasteiger partial charge in [-0.3, -0.25) is 0 Å². The van der Waals surface area contributed by atoms with E-state index in [0.29, 0.717) is 0 Å². The van der Waals surface area contributed by atoms with Crippen molar-refractivity contribution in [2.45, 2.75) is 0 Å². The zero-order valence-electron chi connectivity index (χ0n) is 8.05. The summed E-state index contributed by atoms with van der Waals surface area (Å²) in [7, 11) is 0. The molecule has 0 atom stereocenters. The monoisotopic (exact) mass is 211 g/mol. The molecule has 2 aromatic heterocycles. The molecular weight excluding hydrogens is 202 g/mol. The Bertz CT molecular complexity index is 584. The van der Waals surface area contributed by atoms with E-state index in [-0.39, 0.29) is 0 Å². The summed E-state index contributed by atoms with van der Waals surface area (Å²) in [6, 6.07) is 14.6. The Balaban J connectivity index is 2.19. The molecule has 2 heterocycles. The molecule has 3 aromatic rings. The van der Waals surface area contributed by atoms with Gasteiger partial charge in [0, 0.05) is 17.1 Å². The van der Waals surface area contributed by atoms with Gasteiger partial charge in [-0.25, -0.2) is 4.98 Å². The fraction of sp³-hybridized carbons (Fsp3) is 0. The van der Waals surface area contributed by atoms with Crippen LogP contribution in [0.15, 0.2) is 54.0 Å². The third-order valence-electron chi connectivity index (χ3n) is 2.41. The van der Waals surface area contributed by atoms with E-state index in [1.54, 1.807) is 11.3 Å². The van der Waals surface area contributed by atoms with Crippen molar-refractivity contribution in [1.82, 2.24) is 4.98 Å². The number of aromatic nitrogens is 1. The minimum atomic E-state index is 1.11. The molecule has 0 spiro atoms. The highest BCUT2D eigenvalue weighted by Crippen LogP contribution is 2.24. The van der Waals surface area contributed by atoms with Gasteiger partial charge in [-0.15, -0.1) is 11.3 Å². The molecule has 3 rings (SSSR count). The van der Waals surface area contributed by atoms with Crippen molar-refractivity contribution in [1.29, 1.82) is 0 Å². The third kappa shape index (κ3) is 1.53. The Hall–Kier alpha value is -1.67. The van der Waals surface area contributed by atoms with Crippen molar-refractivity contribution in [2.24, 2.45) is 0 Å². The topological polar surface area (TPSA) is 12.9 Å². The van der Waals surface area contributed by atoms with Crippen molar-refractivity contribution < 1.29 is 0 Å². The smallest absolute Gasteiger partial charge is 0.123 e. The number of pyridine rings is 1. The predicted octanol–water partition coefficient (Wildman–Crippen LogP) is 3.96. The fourth-order valence-electron chi connectivity index (χ4n) is 1.65. The lowest BCUT2D eigenvalue weighted by Crippen LogP contribution is -1.78. The molecule has 0 aliphatic carbocycles. The molecule has 2 heteroatoms. The van der Waals surface area contributed by atoms with E-state index in [0.717, 1.165) is 4.83 Å². The zero-order chi connectivity index (χ0) is 10.1. The number of hydrogen-bond donors (Lipinski definition) is 0. The number of hydrogen-bond acceptors (Lipinski definition) is 2. The van der Waals surface area contributed by atoms with E-state index in [9.17, 15) is 0 Å². The Labute approximate surface area is 92.0 Å². The van der Waals surface area contributed by atoms with Gasteiger partial charge in [0.2, 0.25) is 0 Å². The highest BCUT2D eigenvalue weighted by atomic mass is 32.1. The molecule has 1 aromatic carbocycles. The lowest BCUT2D eigenvalue weighted by molar-refractivity contribution is 1.44. The molecule has 0 N–H and O–H groups in total. The van der Waals surface area contributed by atoms with Crippen LogP contribution in [-0.4, -0.2) is 4.98 Å². The standard InChI is InChI=1S/C13H9NS/c1-2-4-10(5-3-1)12-8-11-6-7-15-13(11)14-9-12/h1-9H. The van der Waals surface area contributed by atoms with E-state index in [2.05, 4.69) is 34.6 Å². The second kappa shape index (κ2) is 3.48. The quantitative estimate of drug-likeness (QED) is 0.593. The Morgan fingerprint density at radius 3 is 2.67 bits per heavy atom. The van der Waals surface area contributed by atoms with Crippen LogP contribution in [0.1, 0.15) is 0 Å². The van der Waals surface area contributed by atoms with Gasteiger partial charge in [0.05, 0.1) is 0 Å². The first-order valence-corrected chi connectivity index (χ1v) is 5.70. The number of thiophene rings is 1. The van der Waals surface area contributed by atoms with Crippen molar-refractivity contribution >= 4 is 21.6 Å². The predicted molar refractivity (Wildman–Crippen MR) is 65.1 cm³/mol. The second-order valence-corrected chi connectivity index (χ2v) is 4.30. The van der Waals surface area contributed by atoms with Crippen molar-refractivity contribution in [2.75, 3.05) is 0 Å². The van der Waals surface area contributed by atoms with Crippen LogP contribution < -0.4 is 0 Å². The normalized spacial score (nSPS) is 10.7. The van der Waals surface area contributed by atoms with Crippen molar-refractivity contribution in [3.63, 3.8) is 0 Å². The molecule has 0 radical (unpaired) electrons. The summed E-state index contributed by atoms with van der Waals surface area (Å²) in [5.41, 5.74) is 2.40. The molecule has 0 amide bonds. The maximum atomic E-state index is 4.44. The van der Waals surface area contributed by atoms with Gasteiger partial charge >= 0.3 is 0 Å². The summed E-state index contributed by atoms with van der Waals surface area (Å²) in [5, 5.41) is 3.30. The van der Waals surface area contributed by atoms with Gasteiger partial charge in [0.1, 0.15) is 4.83 Å². The highest BCUT2D eigenvalue weighted by Gasteiger charge is 2.00. The lowest BCUT2D eigenvalue weighted by atomic mass is 10.1. The molecule has 0 aliphatic rings. The number of benzene rings is 1. The van der Waals surface area contributed by atoms with E-state index in [4.69, 9.17) is 0 Å². The van der Waals surface area contributed by atoms with E-state index in [1.807, 2.05) is 24.4 Å². The molecule has 0 fully saturated rings. The number of rotatable bonds is 1. The Kier molecular flexibility index (Phi) is 2.00. The molecular formula is C13H9NS. The first-order valence-electron chi connectivity index (χ1n) is 4.82.